The molecule has 20 heavy (non-hydrogen) atoms. The zero-order valence-electron chi connectivity index (χ0n) is 12.8. The van der Waals surface area contributed by atoms with E-state index in [4.69, 9.17) is 0 Å². The van der Waals surface area contributed by atoms with Crippen molar-refractivity contribution in [2.45, 2.75) is 69.7 Å². The second-order valence-electron chi connectivity index (χ2n) is 7.81. The van der Waals surface area contributed by atoms with Gasteiger partial charge in [-0.25, -0.2) is 0 Å². The van der Waals surface area contributed by atoms with E-state index in [0.29, 0.717) is 10.8 Å². The van der Waals surface area contributed by atoms with Crippen LogP contribution in [0.1, 0.15) is 62.5 Å². The first-order valence-electron chi connectivity index (χ1n) is 8.51. The Labute approximate surface area is 123 Å². The smallest absolute Gasteiger partial charge is 0.00910 e. The van der Waals surface area contributed by atoms with Gasteiger partial charge in [0.25, 0.3) is 0 Å². The van der Waals surface area contributed by atoms with Crippen molar-refractivity contribution >= 4 is 0 Å². The lowest BCUT2D eigenvalue weighted by Gasteiger charge is -2.56. The highest BCUT2D eigenvalue weighted by Crippen LogP contribution is 2.63. The lowest BCUT2D eigenvalue weighted by atomic mass is 9.49. The number of nitrogens with one attached hydrogen (secondary N) is 1. The Hall–Kier alpha value is -0.820. The van der Waals surface area contributed by atoms with Crippen molar-refractivity contribution in [1.29, 1.82) is 0 Å². The zero-order chi connectivity index (χ0) is 13.6. The fourth-order valence-corrected chi connectivity index (χ4v) is 5.07. The van der Waals surface area contributed by atoms with E-state index in [1.807, 2.05) is 0 Å². The summed E-state index contributed by atoms with van der Waals surface area (Å²) in [6.07, 6.45) is 11.6. The summed E-state index contributed by atoms with van der Waals surface area (Å²) in [5.41, 5.74) is 4.29. The Morgan fingerprint density at radius 1 is 1.10 bits per heavy atom. The van der Waals surface area contributed by atoms with Crippen LogP contribution in [0.25, 0.3) is 0 Å². The van der Waals surface area contributed by atoms with E-state index < -0.39 is 0 Å². The third-order valence-corrected chi connectivity index (χ3v) is 6.11. The normalized spacial score (nSPS) is 26.6. The minimum atomic E-state index is 0.443. The van der Waals surface area contributed by atoms with Gasteiger partial charge < -0.3 is 5.32 Å². The fraction of sp³-hybridized carbons (Fsp3) is 0.684. The molecule has 0 aliphatic heterocycles. The predicted octanol–water partition coefficient (Wildman–Crippen LogP) is 4.34. The summed E-state index contributed by atoms with van der Waals surface area (Å²) in [4.78, 5) is 0. The molecule has 0 amide bonds. The van der Waals surface area contributed by atoms with Gasteiger partial charge in [0.2, 0.25) is 0 Å². The number of benzene rings is 1. The molecular formula is C19H27N. The Kier molecular flexibility index (Phi) is 2.96. The summed E-state index contributed by atoms with van der Waals surface area (Å²) in [6.45, 7) is 3.51. The fourth-order valence-electron chi connectivity index (χ4n) is 5.07. The van der Waals surface area contributed by atoms with E-state index >= 15 is 0 Å². The van der Waals surface area contributed by atoms with Crippen molar-refractivity contribution in [3.8, 4) is 0 Å². The van der Waals surface area contributed by atoms with Crippen LogP contribution in [0.4, 0.5) is 0 Å². The van der Waals surface area contributed by atoms with Crippen LogP contribution in [-0.4, -0.2) is 12.6 Å². The van der Waals surface area contributed by atoms with Gasteiger partial charge in [0.15, 0.2) is 0 Å². The van der Waals surface area contributed by atoms with Crippen LogP contribution in [0.3, 0.4) is 0 Å². The lowest BCUT2D eigenvalue weighted by molar-refractivity contribution is 0.0263. The molecule has 4 rings (SSSR count). The van der Waals surface area contributed by atoms with Gasteiger partial charge in [-0.3, -0.25) is 0 Å². The van der Waals surface area contributed by atoms with Crippen molar-refractivity contribution in [2.24, 2.45) is 5.41 Å². The van der Waals surface area contributed by atoms with Crippen molar-refractivity contribution in [3.63, 3.8) is 0 Å². The molecule has 0 bridgehead atoms. The number of hydrogen-bond donors (Lipinski definition) is 1. The summed E-state index contributed by atoms with van der Waals surface area (Å²) in [5.74, 6) is 0. The van der Waals surface area contributed by atoms with Gasteiger partial charge in [-0.1, -0.05) is 37.1 Å². The molecule has 1 aromatic rings. The van der Waals surface area contributed by atoms with Crippen LogP contribution >= 0.6 is 0 Å². The number of rotatable bonds is 4. The Morgan fingerprint density at radius 3 is 2.45 bits per heavy atom. The van der Waals surface area contributed by atoms with Crippen LogP contribution in [0.2, 0.25) is 0 Å². The van der Waals surface area contributed by atoms with Gasteiger partial charge in [-0.15, -0.1) is 0 Å². The molecule has 1 aromatic carbocycles. The maximum atomic E-state index is 3.83. The number of hydrogen-bond acceptors (Lipinski definition) is 1. The highest BCUT2D eigenvalue weighted by atomic mass is 15.0. The molecule has 3 aliphatic rings. The average molecular weight is 269 g/mol. The van der Waals surface area contributed by atoms with Crippen molar-refractivity contribution in [2.75, 3.05) is 6.54 Å². The molecule has 108 valence electrons. The minimum absolute atomic E-state index is 0.443. The lowest BCUT2D eigenvalue weighted by Crippen LogP contribution is -2.54. The van der Waals surface area contributed by atoms with Crippen LogP contribution < -0.4 is 5.32 Å². The van der Waals surface area contributed by atoms with Crippen molar-refractivity contribution < 1.29 is 0 Å². The molecule has 3 fully saturated rings. The maximum Gasteiger partial charge on any atom is 0.00910 e. The molecule has 3 saturated carbocycles. The summed E-state index contributed by atoms with van der Waals surface area (Å²) >= 11 is 0. The molecule has 0 heterocycles. The van der Waals surface area contributed by atoms with Gasteiger partial charge in [-0.05, 0) is 62.0 Å². The monoisotopic (exact) mass is 269 g/mol. The molecule has 3 aliphatic carbocycles. The van der Waals surface area contributed by atoms with Gasteiger partial charge in [-0.2, -0.15) is 0 Å². The van der Waals surface area contributed by atoms with E-state index in [1.165, 1.54) is 63.5 Å². The molecular weight excluding hydrogens is 242 g/mol. The van der Waals surface area contributed by atoms with E-state index in [-0.39, 0.29) is 0 Å². The predicted molar refractivity (Wildman–Crippen MR) is 84.0 cm³/mol. The van der Waals surface area contributed by atoms with Crippen LogP contribution in [0.15, 0.2) is 24.3 Å². The van der Waals surface area contributed by atoms with Gasteiger partial charge >= 0.3 is 0 Å². The van der Waals surface area contributed by atoms with Crippen LogP contribution in [0.5, 0.6) is 0 Å². The Balaban J connectivity index is 1.58. The molecule has 0 radical (unpaired) electrons. The Bertz CT molecular complexity index is 486. The number of aryl methyl sites for hydroxylation is 1. The van der Waals surface area contributed by atoms with Gasteiger partial charge in [0.1, 0.15) is 0 Å². The minimum Gasteiger partial charge on any atom is -0.313 e. The third-order valence-electron chi connectivity index (χ3n) is 6.11. The SMILES string of the molecule is Cc1ccccc1C1(CNC2CC2)CC2(CCCC2)C1. The summed E-state index contributed by atoms with van der Waals surface area (Å²) in [7, 11) is 0. The molecule has 0 atom stereocenters. The summed E-state index contributed by atoms with van der Waals surface area (Å²) in [5, 5.41) is 3.83. The standard InChI is InChI=1S/C19H27N/c1-15-6-2-3-7-17(15)19(14-20-16-8-9-16)12-18(13-19)10-4-5-11-18/h2-3,6-7,16,20H,4-5,8-14H2,1H3. The van der Waals surface area contributed by atoms with Crippen molar-refractivity contribution in [3.05, 3.63) is 35.4 Å². The van der Waals surface area contributed by atoms with Gasteiger partial charge in [0, 0.05) is 18.0 Å². The highest BCUT2D eigenvalue weighted by Gasteiger charge is 2.56. The molecule has 1 spiro atoms. The zero-order valence-corrected chi connectivity index (χ0v) is 12.8. The third kappa shape index (κ3) is 2.11. The van der Waals surface area contributed by atoms with Crippen molar-refractivity contribution in [1.82, 2.24) is 5.32 Å². The molecule has 1 heteroatoms. The maximum absolute atomic E-state index is 3.83. The largest absolute Gasteiger partial charge is 0.313 e. The molecule has 0 aromatic heterocycles. The van der Waals surface area contributed by atoms with E-state index in [9.17, 15) is 0 Å². The molecule has 0 saturated heterocycles. The first-order valence-corrected chi connectivity index (χ1v) is 8.51. The van der Waals surface area contributed by atoms with Crippen LogP contribution in [-0.2, 0) is 5.41 Å². The second kappa shape index (κ2) is 4.59. The van der Waals surface area contributed by atoms with E-state index in [0.717, 1.165) is 6.04 Å². The van der Waals surface area contributed by atoms with E-state index in [2.05, 4.69) is 36.5 Å². The first kappa shape index (κ1) is 12.9. The van der Waals surface area contributed by atoms with Crippen LogP contribution in [0, 0.1) is 12.3 Å². The van der Waals surface area contributed by atoms with Gasteiger partial charge in [0.05, 0.1) is 0 Å². The highest BCUT2D eigenvalue weighted by molar-refractivity contribution is 5.38. The molecule has 1 nitrogen and oxygen atoms in total. The Morgan fingerprint density at radius 2 is 1.80 bits per heavy atom. The van der Waals surface area contributed by atoms with E-state index in [1.54, 1.807) is 5.56 Å². The topological polar surface area (TPSA) is 12.0 Å². The summed E-state index contributed by atoms with van der Waals surface area (Å²) in [6, 6.07) is 9.95. The summed E-state index contributed by atoms with van der Waals surface area (Å²) < 4.78 is 0. The molecule has 0 unspecified atom stereocenters. The quantitative estimate of drug-likeness (QED) is 0.857. The molecule has 1 N–H and O–H groups in total. The average Bonchev–Trinajstić information content (AvgIpc) is 3.12. The second-order valence-corrected chi connectivity index (χ2v) is 7.81. The first-order chi connectivity index (χ1) is 9.72.